The Morgan fingerprint density at radius 1 is 1.00 bits per heavy atom. The number of benzene rings is 1. The van der Waals surface area contributed by atoms with Crippen LogP contribution in [0.1, 0.15) is 57.8 Å². The number of nitrogens with zero attached hydrogens (tertiary/aromatic N) is 2. The first kappa shape index (κ1) is 26.1. The molecule has 1 aliphatic rings. The summed E-state index contributed by atoms with van der Waals surface area (Å²) in [6.45, 7) is 4.49. The van der Waals surface area contributed by atoms with Gasteiger partial charge < -0.3 is 14.8 Å². The lowest BCUT2D eigenvalue weighted by Crippen LogP contribution is -2.17. The molecule has 0 fully saturated rings. The van der Waals surface area contributed by atoms with E-state index >= 15 is 0 Å². The van der Waals surface area contributed by atoms with Crippen molar-refractivity contribution < 1.29 is 23.9 Å². The summed E-state index contributed by atoms with van der Waals surface area (Å²) in [6.07, 6.45) is 3.83. The second-order valence-corrected chi connectivity index (χ2v) is 11.1. The zero-order valence-corrected chi connectivity index (χ0v) is 22.4. The van der Waals surface area contributed by atoms with E-state index in [0.717, 1.165) is 36.1 Å². The van der Waals surface area contributed by atoms with Gasteiger partial charge >= 0.3 is 5.97 Å². The van der Waals surface area contributed by atoms with Gasteiger partial charge in [-0.1, -0.05) is 23.1 Å². The van der Waals surface area contributed by atoms with E-state index in [1.54, 1.807) is 31.2 Å². The van der Waals surface area contributed by atoms with E-state index in [2.05, 4.69) is 20.8 Å². The minimum Gasteiger partial charge on any atom is -0.494 e. The molecule has 4 rings (SSSR count). The van der Waals surface area contributed by atoms with Crippen LogP contribution < -0.4 is 15.4 Å². The highest BCUT2D eigenvalue weighted by Gasteiger charge is 2.27. The lowest BCUT2D eigenvalue weighted by atomic mass is 9.95. The molecular weight excluding hydrogens is 520 g/mol. The Morgan fingerprint density at radius 3 is 2.53 bits per heavy atom. The van der Waals surface area contributed by atoms with E-state index < -0.39 is 5.97 Å². The molecule has 12 heteroatoms. The van der Waals surface area contributed by atoms with Crippen LogP contribution in [-0.4, -0.2) is 46.9 Å². The second-order valence-electron chi connectivity index (χ2n) is 7.76. The van der Waals surface area contributed by atoms with Crippen molar-refractivity contribution in [2.24, 2.45) is 0 Å². The number of aromatic nitrogens is 2. The average molecular weight is 547 g/mol. The molecule has 3 aromatic rings. The number of amides is 2. The molecule has 0 spiro atoms. The number of carbonyl (C=O) groups is 3. The van der Waals surface area contributed by atoms with Gasteiger partial charge in [-0.25, -0.2) is 4.79 Å². The van der Waals surface area contributed by atoms with E-state index in [-0.39, 0.29) is 24.2 Å². The molecule has 0 bridgehead atoms. The summed E-state index contributed by atoms with van der Waals surface area (Å²) in [7, 11) is 0. The smallest absolute Gasteiger partial charge is 0.341 e. The third kappa shape index (κ3) is 6.42. The summed E-state index contributed by atoms with van der Waals surface area (Å²) in [5.41, 5.74) is 1.97. The number of anilines is 2. The molecule has 190 valence electrons. The van der Waals surface area contributed by atoms with Crippen molar-refractivity contribution in [3.8, 4) is 5.75 Å². The normalized spacial score (nSPS) is 12.5. The largest absolute Gasteiger partial charge is 0.494 e. The van der Waals surface area contributed by atoms with Gasteiger partial charge in [0.15, 0.2) is 4.34 Å². The quantitative estimate of drug-likeness (QED) is 0.206. The van der Waals surface area contributed by atoms with Gasteiger partial charge in [-0.3, -0.25) is 14.9 Å². The highest BCUT2D eigenvalue weighted by atomic mass is 32.2. The zero-order valence-electron chi connectivity index (χ0n) is 19.9. The average Bonchev–Trinajstić information content (AvgIpc) is 3.47. The van der Waals surface area contributed by atoms with Crippen LogP contribution >= 0.6 is 34.4 Å². The van der Waals surface area contributed by atoms with E-state index in [0.29, 0.717) is 38.0 Å². The summed E-state index contributed by atoms with van der Waals surface area (Å²) in [4.78, 5) is 38.8. The summed E-state index contributed by atoms with van der Waals surface area (Å²) in [5.74, 6) is -0.168. The zero-order chi connectivity index (χ0) is 25.5. The minimum atomic E-state index is -0.392. The Bertz CT molecular complexity index is 1240. The maximum absolute atomic E-state index is 12.7. The predicted molar refractivity (Wildman–Crippen MR) is 142 cm³/mol. The number of hydrogen-bond donors (Lipinski definition) is 2. The minimum absolute atomic E-state index is 0.0896. The third-order valence-corrected chi connectivity index (χ3v) is 8.46. The molecule has 0 aliphatic heterocycles. The van der Waals surface area contributed by atoms with Crippen molar-refractivity contribution in [3.63, 3.8) is 0 Å². The van der Waals surface area contributed by atoms with Gasteiger partial charge in [0.25, 0.3) is 5.91 Å². The molecule has 1 aliphatic carbocycles. The fourth-order valence-electron chi connectivity index (χ4n) is 3.72. The molecule has 2 N–H and O–H groups in total. The molecule has 2 amide bonds. The molecule has 0 radical (unpaired) electrons. The van der Waals surface area contributed by atoms with Gasteiger partial charge in [-0.05, 0) is 69.4 Å². The SMILES string of the molecule is CCOC(=O)c1c(NC(=O)CSc2nnc(NC(=O)c3ccc(OCC)cc3)s2)sc2c1CCCC2. The van der Waals surface area contributed by atoms with Crippen LogP contribution in [0.5, 0.6) is 5.75 Å². The van der Waals surface area contributed by atoms with Crippen LogP contribution in [0.2, 0.25) is 0 Å². The number of aryl methyl sites for hydroxylation is 1. The van der Waals surface area contributed by atoms with Crippen molar-refractivity contribution in [3.05, 3.63) is 45.8 Å². The summed E-state index contributed by atoms with van der Waals surface area (Å²) in [5, 5.41) is 14.5. The number of rotatable bonds is 10. The van der Waals surface area contributed by atoms with E-state index in [9.17, 15) is 14.4 Å². The van der Waals surface area contributed by atoms with E-state index in [4.69, 9.17) is 9.47 Å². The number of thioether (sulfide) groups is 1. The molecule has 1 aromatic carbocycles. The number of thiophene rings is 1. The molecule has 0 saturated heterocycles. The topological polar surface area (TPSA) is 120 Å². The third-order valence-electron chi connectivity index (χ3n) is 5.28. The highest BCUT2D eigenvalue weighted by Crippen LogP contribution is 2.39. The van der Waals surface area contributed by atoms with Crippen molar-refractivity contribution in [2.75, 3.05) is 29.6 Å². The standard InChI is InChI=1S/C24H26N4O5S3/c1-3-32-15-11-9-14(10-12-15)20(30)26-23-27-28-24(36-23)34-13-18(29)25-21-19(22(31)33-4-2)16-7-5-6-8-17(16)35-21/h9-12H,3-8,13H2,1-2H3,(H,25,29)(H,26,27,30). The van der Waals surface area contributed by atoms with Gasteiger partial charge in [-0.15, -0.1) is 21.5 Å². The van der Waals surface area contributed by atoms with Crippen LogP contribution in [0.3, 0.4) is 0 Å². The first-order valence-corrected chi connectivity index (χ1v) is 14.2. The summed E-state index contributed by atoms with van der Waals surface area (Å²) < 4.78 is 11.2. The summed E-state index contributed by atoms with van der Waals surface area (Å²) in [6, 6.07) is 6.81. The van der Waals surface area contributed by atoms with Gasteiger partial charge in [-0.2, -0.15) is 0 Å². The molecule has 0 atom stereocenters. The number of ether oxygens (including phenoxy) is 2. The number of nitrogens with one attached hydrogen (secondary N) is 2. The number of fused-ring (bicyclic) bond motifs is 1. The number of carbonyl (C=O) groups excluding carboxylic acids is 3. The number of esters is 1. The Labute approximate surface area is 221 Å². The monoisotopic (exact) mass is 546 g/mol. The fraction of sp³-hybridized carbons (Fsp3) is 0.375. The van der Waals surface area contributed by atoms with Crippen LogP contribution in [0.15, 0.2) is 28.6 Å². The molecule has 2 aromatic heterocycles. The molecule has 0 saturated carbocycles. The lowest BCUT2D eigenvalue weighted by Gasteiger charge is -2.12. The Morgan fingerprint density at radius 2 is 1.78 bits per heavy atom. The predicted octanol–water partition coefficient (Wildman–Crippen LogP) is 5.04. The first-order valence-electron chi connectivity index (χ1n) is 11.6. The van der Waals surface area contributed by atoms with Gasteiger partial charge in [0.2, 0.25) is 11.0 Å². The molecule has 0 unspecified atom stereocenters. The Balaban J connectivity index is 1.33. The number of hydrogen-bond acceptors (Lipinski definition) is 10. The van der Waals surface area contributed by atoms with Gasteiger partial charge in [0.05, 0.1) is 24.5 Å². The van der Waals surface area contributed by atoms with Gasteiger partial charge in [0.1, 0.15) is 10.8 Å². The molecule has 2 heterocycles. The van der Waals surface area contributed by atoms with E-state index in [1.807, 2.05) is 6.92 Å². The highest BCUT2D eigenvalue weighted by molar-refractivity contribution is 8.01. The fourth-order valence-corrected chi connectivity index (χ4v) is 6.56. The van der Waals surface area contributed by atoms with Crippen LogP contribution in [0.4, 0.5) is 10.1 Å². The Kier molecular flexibility index (Phi) is 8.94. The second kappa shape index (κ2) is 12.3. The van der Waals surface area contributed by atoms with Crippen molar-refractivity contribution >= 4 is 62.4 Å². The van der Waals surface area contributed by atoms with Crippen molar-refractivity contribution in [1.82, 2.24) is 10.2 Å². The molecular formula is C24H26N4O5S3. The maximum atomic E-state index is 12.7. The van der Waals surface area contributed by atoms with Crippen molar-refractivity contribution in [1.29, 1.82) is 0 Å². The van der Waals surface area contributed by atoms with Crippen LogP contribution in [0.25, 0.3) is 0 Å². The van der Waals surface area contributed by atoms with E-state index in [1.165, 1.54) is 34.4 Å². The Hall–Kier alpha value is -2.96. The maximum Gasteiger partial charge on any atom is 0.341 e. The lowest BCUT2D eigenvalue weighted by molar-refractivity contribution is -0.113. The molecule has 9 nitrogen and oxygen atoms in total. The van der Waals surface area contributed by atoms with Gasteiger partial charge in [0, 0.05) is 10.4 Å². The first-order chi connectivity index (χ1) is 17.5. The van der Waals surface area contributed by atoms with Crippen molar-refractivity contribution in [2.45, 2.75) is 43.9 Å². The van der Waals surface area contributed by atoms with Crippen LogP contribution in [0, 0.1) is 0 Å². The molecule has 36 heavy (non-hydrogen) atoms. The summed E-state index contributed by atoms with van der Waals surface area (Å²) >= 11 is 3.85. The van der Waals surface area contributed by atoms with Crippen LogP contribution in [-0.2, 0) is 22.4 Å².